The normalized spacial score (nSPS) is 15.1. The van der Waals surface area contributed by atoms with Crippen LogP contribution in [0.3, 0.4) is 0 Å². The van der Waals surface area contributed by atoms with Crippen LogP contribution in [0.15, 0.2) is 48.5 Å². The average molecular weight is 397 g/mol. The van der Waals surface area contributed by atoms with Crippen molar-refractivity contribution in [3.63, 3.8) is 0 Å². The van der Waals surface area contributed by atoms with E-state index in [1.54, 1.807) is 7.11 Å². The second kappa shape index (κ2) is 10.9. The number of ether oxygens (including phenoxy) is 2. The highest BCUT2D eigenvalue weighted by molar-refractivity contribution is 5.76. The van der Waals surface area contributed by atoms with Crippen molar-refractivity contribution in [2.24, 2.45) is 0 Å². The summed E-state index contributed by atoms with van der Waals surface area (Å²) in [7, 11) is 1.72. The molecule has 0 unspecified atom stereocenters. The molecule has 1 saturated heterocycles. The monoisotopic (exact) mass is 396 g/mol. The quantitative estimate of drug-likeness (QED) is 0.700. The van der Waals surface area contributed by atoms with E-state index < -0.39 is 0 Å². The molecular formula is C24H32N2O3. The first-order valence-corrected chi connectivity index (χ1v) is 10.5. The highest BCUT2D eigenvalue weighted by atomic mass is 16.5. The number of aryl methyl sites for hydroxylation is 1. The topological polar surface area (TPSA) is 50.8 Å². The number of methoxy groups -OCH3 is 1. The van der Waals surface area contributed by atoms with Crippen LogP contribution in [-0.2, 0) is 17.8 Å². The Morgan fingerprint density at radius 1 is 1.10 bits per heavy atom. The number of piperidine rings is 1. The lowest BCUT2D eigenvalue weighted by Crippen LogP contribution is -2.44. The summed E-state index contributed by atoms with van der Waals surface area (Å²) in [5, 5.41) is 3.21. The van der Waals surface area contributed by atoms with Crippen LogP contribution in [0.2, 0.25) is 0 Å². The molecule has 5 heteroatoms. The van der Waals surface area contributed by atoms with E-state index in [4.69, 9.17) is 9.47 Å². The zero-order chi connectivity index (χ0) is 20.5. The van der Waals surface area contributed by atoms with Crippen LogP contribution in [0.1, 0.15) is 37.3 Å². The molecule has 0 saturated carbocycles. The third kappa shape index (κ3) is 6.50. The Labute approximate surface area is 174 Å². The van der Waals surface area contributed by atoms with Crippen LogP contribution in [0.4, 0.5) is 0 Å². The standard InChI is InChI=1S/C24H32N2O3/c1-3-29-22-11-8-19(9-12-22)10-13-24(27)25-21-14-16-26(17-15-21)18-20-6-4-5-7-23(20)28-2/h4-9,11-12,21H,3,10,13-18H2,1-2H3,(H,25,27). The van der Waals surface area contributed by atoms with Gasteiger partial charge in [-0.2, -0.15) is 0 Å². The fraction of sp³-hybridized carbons (Fsp3) is 0.458. The molecule has 0 bridgehead atoms. The number of nitrogens with zero attached hydrogens (tertiary/aromatic N) is 1. The molecular weight excluding hydrogens is 364 g/mol. The Bertz CT molecular complexity index is 768. The number of hydrogen-bond donors (Lipinski definition) is 1. The SMILES string of the molecule is CCOc1ccc(CCC(=O)NC2CCN(Cc3ccccc3OC)CC2)cc1. The number of nitrogens with one attached hydrogen (secondary N) is 1. The lowest BCUT2D eigenvalue weighted by Gasteiger charge is -2.32. The van der Waals surface area contributed by atoms with Gasteiger partial charge in [0.15, 0.2) is 0 Å². The number of amides is 1. The van der Waals surface area contributed by atoms with Crippen LogP contribution in [-0.4, -0.2) is 43.7 Å². The van der Waals surface area contributed by atoms with Gasteiger partial charge in [0.2, 0.25) is 5.91 Å². The van der Waals surface area contributed by atoms with Crippen molar-refractivity contribution in [2.75, 3.05) is 26.8 Å². The zero-order valence-electron chi connectivity index (χ0n) is 17.5. The van der Waals surface area contributed by atoms with Crippen molar-refractivity contribution in [3.8, 4) is 11.5 Å². The highest BCUT2D eigenvalue weighted by Crippen LogP contribution is 2.21. The molecule has 5 nitrogen and oxygen atoms in total. The number of rotatable bonds is 9. The molecule has 156 valence electrons. The molecule has 29 heavy (non-hydrogen) atoms. The van der Waals surface area contributed by atoms with Crippen molar-refractivity contribution < 1.29 is 14.3 Å². The largest absolute Gasteiger partial charge is 0.496 e. The van der Waals surface area contributed by atoms with Crippen LogP contribution in [0.25, 0.3) is 0 Å². The van der Waals surface area contributed by atoms with Gasteiger partial charge in [0.05, 0.1) is 13.7 Å². The van der Waals surface area contributed by atoms with E-state index in [1.807, 2.05) is 43.3 Å². The summed E-state index contributed by atoms with van der Waals surface area (Å²) in [6, 6.07) is 16.5. The Kier molecular flexibility index (Phi) is 7.94. The maximum atomic E-state index is 12.3. The maximum Gasteiger partial charge on any atom is 0.220 e. The van der Waals surface area contributed by atoms with Gasteiger partial charge in [-0.15, -0.1) is 0 Å². The molecule has 0 spiro atoms. The van der Waals surface area contributed by atoms with Gasteiger partial charge in [0.25, 0.3) is 0 Å². The second-order valence-corrected chi connectivity index (χ2v) is 7.51. The predicted molar refractivity (Wildman–Crippen MR) is 115 cm³/mol. The van der Waals surface area contributed by atoms with Gasteiger partial charge in [-0.1, -0.05) is 30.3 Å². The zero-order valence-corrected chi connectivity index (χ0v) is 17.5. The minimum atomic E-state index is 0.141. The van der Waals surface area contributed by atoms with Crippen LogP contribution < -0.4 is 14.8 Å². The van der Waals surface area contributed by atoms with Crippen molar-refractivity contribution in [2.45, 2.75) is 45.2 Å². The van der Waals surface area contributed by atoms with E-state index in [-0.39, 0.29) is 11.9 Å². The average Bonchev–Trinajstić information content (AvgIpc) is 2.75. The molecule has 1 aliphatic rings. The Morgan fingerprint density at radius 2 is 1.83 bits per heavy atom. The van der Waals surface area contributed by atoms with E-state index in [1.165, 1.54) is 5.56 Å². The van der Waals surface area contributed by atoms with Crippen LogP contribution in [0, 0.1) is 0 Å². The first kappa shape index (κ1) is 21.2. The fourth-order valence-electron chi connectivity index (χ4n) is 3.79. The molecule has 2 aromatic carbocycles. The van der Waals surface area contributed by atoms with E-state index in [2.05, 4.69) is 22.3 Å². The molecule has 1 fully saturated rings. The summed E-state index contributed by atoms with van der Waals surface area (Å²) in [5.74, 6) is 1.96. The second-order valence-electron chi connectivity index (χ2n) is 7.51. The van der Waals surface area contributed by atoms with Gasteiger partial charge >= 0.3 is 0 Å². The lowest BCUT2D eigenvalue weighted by molar-refractivity contribution is -0.122. The highest BCUT2D eigenvalue weighted by Gasteiger charge is 2.21. The van der Waals surface area contributed by atoms with E-state index in [0.717, 1.165) is 56.0 Å². The lowest BCUT2D eigenvalue weighted by atomic mass is 10.0. The maximum absolute atomic E-state index is 12.3. The summed E-state index contributed by atoms with van der Waals surface area (Å²) in [6.07, 6.45) is 3.26. The summed E-state index contributed by atoms with van der Waals surface area (Å²) in [6.45, 7) is 5.51. The molecule has 0 atom stereocenters. The molecule has 0 aromatic heterocycles. The van der Waals surface area contributed by atoms with Crippen molar-refractivity contribution in [1.29, 1.82) is 0 Å². The summed E-state index contributed by atoms with van der Waals surface area (Å²) in [4.78, 5) is 14.8. The van der Waals surface area contributed by atoms with Gasteiger partial charge in [-0.3, -0.25) is 9.69 Å². The van der Waals surface area contributed by atoms with E-state index in [9.17, 15) is 4.79 Å². The first-order valence-electron chi connectivity index (χ1n) is 10.5. The minimum Gasteiger partial charge on any atom is -0.496 e. The van der Waals surface area contributed by atoms with Crippen LogP contribution in [0.5, 0.6) is 11.5 Å². The molecule has 0 radical (unpaired) electrons. The Hall–Kier alpha value is -2.53. The number of benzene rings is 2. The first-order chi connectivity index (χ1) is 14.2. The molecule has 3 rings (SSSR count). The van der Waals surface area contributed by atoms with Gasteiger partial charge in [-0.05, 0) is 49.9 Å². The summed E-state index contributed by atoms with van der Waals surface area (Å²) < 4.78 is 10.9. The molecule has 1 aliphatic heterocycles. The number of likely N-dealkylation sites (tertiary alicyclic amines) is 1. The number of hydrogen-bond acceptors (Lipinski definition) is 4. The third-order valence-corrected chi connectivity index (χ3v) is 5.41. The van der Waals surface area contributed by atoms with Crippen molar-refractivity contribution in [3.05, 3.63) is 59.7 Å². The number of carbonyl (C=O) groups is 1. The predicted octanol–water partition coefficient (Wildman–Crippen LogP) is 3.81. The smallest absolute Gasteiger partial charge is 0.220 e. The Morgan fingerprint density at radius 3 is 2.52 bits per heavy atom. The van der Waals surface area contributed by atoms with Crippen molar-refractivity contribution in [1.82, 2.24) is 10.2 Å². The minimum absolute atomic E-state index is 0.141. The molecule has 1 N–H and O–H groups in total. The van der Waals surface area contributed by atoms with E-state index in [0.29, 0.717) is 13.0 Å². The summed E-state index contributed by atoms with van der Waals surface area (Å²) in [5.41, 5.74) is 2.38. The molecule has 1 heterocycles. The summed E-state index contributed by atoms with van der Waals surface area (Å²) >= 11 is 0. The van der Waals surface area contributed by atoms with Crippen molar-refractivity contribution >= 4 is 5.91 Å². The van der Waals surface area contributed by atoms with E-state index >= 15 is 0 Å². The number of carbonyl (C=O) groups excluding carboxylic acids is 1. The third-order valence-electron chi connectivity index (χ3n) is 5.41. The fourth-order valence-corrected chi connectivity index (χ4v) is 3.79. The number of para-hydroxylation sites is 1. The van der Waals surface area contributed by atoms with Gasteiger partial charge in [-0.25, -0.2) is 0 Å². The molecule has 2 aromatic rings. The Balaban J connectivity index is 1.38. The van der Waals surface area contributed by atoms with Gasteiger partial charge < -0.3 is 14.8 Å². The van der Waals surface area contributed by atoms with Gasteiger partial charge in [0.1, 0.15) is 11.5 Å². The van der Waals surface area contributed by atoms with Gasteiger partial charge in [0, 0.05) is 37.7 Å². The molecule has 0 aliphatic carbocycles. The molecule has 1 amide bonds. The van der Waals surface area contributed by atoms with Crippen LogP contribution >= 0.6 is 0 Å².